The summed E-state index contributed by atoms with van der Waals surface area (Å²) in [6.07, 6.45) is -3.38. The molecule has 0 saturated carbocycles. The molecule has 0 atom stereocenters. The highest BCUT2D eigenvalue weighted by Gasteiger charge is 2.25. The molecule has 0 bridgehead atoms. The van der Waals surface area contributed by atoms with E-state index < -0.39 is 12.6 Å². The Balaban J connectivity index is 2.20. The van der Waals surface area contributed by atoms with Gasteiger partial charge in [-0.1, -0.05) is 0 Å². The van der Waals surface area contributed by atoms with E-state index in [1.165, 1.54) is 6.26 Å². The van der Waals surface area contributed by atoms with Crippen LogP contribution >= 0.6 is 0 Å². The van der Waals surface area contributed by atoms with Crippen molar-refractivity contribution >= 4 is 0 Å². The number of rotatable bonds is 4. The van der Waals surface area contributed by atoms with Crippen molar-refractivity contribution in [3.63, 3.8) is 0 Å². The van der Waals surface area contributed by atoms with E-state index in [4.69, 9.17) is 4.42 Å². The smallest absolute Gasteiger partial charge is 0.390 e. The molecule has 0 unspecified atom stereocenters. The third-order valence-corrected chi connectivity index (χ3v) is 1.84. The van der Waals surface area contributed by atoms with Crippen molar-refractivity contribution in [1.82, 2.24) is 5.32 Å². The van der Waals surface area contributed by atoms with Crippen molar-refractivity contribution < 1.29 is 17.6 Å². The molecule has 14 heavy (non-hydrogen) atoms. The highest BCUT2D eigenvalue weighted by atomic mass is 19.4. The maximum absolute atomic E-state index is 11.7. The molecule has 0 aromatic carbocycles. The average Bonchev–Trinajstić information content (AvgIpc) is 2.44. The van der Waals surface area contributed by atoms with Crippen LogP contribution in [0.25, 0.3) is 0 Å². The molecule has 0 aliphatic carbocycles. The van der Waals surface area contributed by atoms with Crippen LogP contribution in [0.1, 0.15) is 17.7 Å². The molecule has 1 N–H and O–H groups in total. The van der Waals surface area contributed by atoms with Crippen LogP contribution in [0.15, 0.2) is 16.7 Å². The summed E-state index contributed by atoms with van der Waals surface area (Å²) in [5, 5.41) is 2.67. The van der Waals surface area contributed by atoms with Crippen LogP contribution in [0, 0.1) is 6.92 Å². The number of halogens is 3. The van der Waals surface area contributed by atoms with Gasteiger partial charge >= 0.3 is 6.18 Å². The lowest BCUT2D eigenvalue weighted by atomic mass is 10.3. The molecule has 0 saturated heterocycles. The van der Waals surface area contributed by atoms with E-state index in [-0.39, 0.29) is 6.54 Å². The van der Waals surface area contributed by atoms with Crippen LogP contribution < -0.4 is 5.32 Å². The first-order valence-electron chi connectivity index (χ1n) is 4.29. The summed E-state index contributed by atoms with van der Waals surface area (Å²) >= 11 is 0. The van der Waals surface area contributed by atoms with E-state index in [1.807, 2.05) is 6.92 Å². The summed E-state index contributed by atoms with van der Waals surface area (Å²) in [5.74, 6) is 0.687. The topological polar surface area (TPSA) is 25.2 Å². The van der Waals surface area contributed by atoms with Crippen LogP contribution in [0.4, 0.5) is 13.2 Å². The molecule has 0 amide bonds. The predicted octanol–water partition coefficient (Wildman–Crippen LogP) is 2.63. The van der Waals surface area contributed by atoms with Gasteiger partial charge in [0, 0.05) is 6.54 Å². The minimum atomic E-state index is -4.09. The van der Waals surface area contributed by atoms with E-state index in [2.05, 4.69) is 5.32 Å². The summed E-state index contributed by atoms with van der Waals surface area (Å²) in [5.41, 5.74) is 0.949. The highest BCUT2D eigenvalue weighted by Crippen LogP contribution is 2.18. The third kappa shape index (κ3) is 3.83. The average molecular weight is 207 g/mol. The molecule has 1 rings (SSSR count). The van der Waals surface area contributed by atoms with Gasteiger partial charge in [0.25, 0.3) is 0 Å². The van der Waals surface area contributed by atoms with Gasteiger partial charge in [-0.2, -0.15) is 13.2 Å². The molecular weight excluding hydrogens is 195 g/mol. The molecule has 2 nitrogen and oxygen atoms in total. The predicted molar refractivity (Wildman–Crippen MR) is 45.8 cm³/mol. The second-order valence-corrected chi connectivity index (χ2v) is 3.07. The molecule has 5 heteroatoms. The number of hydrogen-bond acceptors (Lipinski definition) is 2. The van der Waals surface area contributed by atoms with Crippen LogP contribution in [0.3, 0.4) is 0 Å². The second-order valence-electron chi connectivity index (χ2n) is 3.07. The van der Waals surface area contributed by atoms with Gasteiger partial charge in [-0.3, -0.25) is 0 Å². The number of nitrogens with one attached hydrogen (secondary N) is 1. The Labute approximate surface area is 80.1 Å². The zero-order valence-electron chi connectivity index (χ0n) is 7.82. The lowest BCUT2D eigenvalue weighted by Gasteiger charge is -2.06. The SMILES string of the molecule is Cc1ccoc1CNCCC(F)(F)F. The van der Waals surface area contributed by atoms with E-state index in [0.29, 0.717) is 12.3 Å². The molecular formula is C9H12F3NO. The first-order chi connectivity index (χ1) is 6.49. The zero-order valence-corrected chi connectivity index (χ0v) is 7.82. The Morgan fingerprint density at radius 2 is 2.14 bits per heavy atom. The molecule has 80 valence electrons. The first kappa shape index (κ1) is 11.1. The van der Waals surface area contributed by atoms with E-state index in [1.54, 1.807) is 6.07 Å². The normalized spacial score (nSPS) is 12.0. The van der Waals surface area contributed by atoms with Gasteiger partial charge in [0.05, 0.1) is 19.2 Å². The molecule has 0 aliphatic rings. The zero-order chi connectivity index (χ0) is 10.6. The quantitative estimate of drug-likeness (QED) is 0.768. The van der Waals surface area contributed by atoms with Gasteiger partial charge in [-0.05, 0) is 18.6 Å². The lowest BCUT2D eigenvalue weighted by molar-refractivity contribution is -0.133. The molecule has 1 aromatic heterocycles. The van der Waals surface area contributed by atoms with Crippen molar-refractivity contribution in [1.29, 1.82) is 0 Å². The minimum absolute atomic E-state index is 0.0797. The Kier molecular flexibility index (Phi) is 3.57. The largest absolute Gasteiger partial charge is 0.468 e. The van der Waals surface area contributed by atoms with Crippen molar-refractivity contribution in [2.75, 3.05) is 6.54 Å². The molecule has 0 spiro atoms. The molecule has 0 radical (unpaired) electrons. The summed E-state index contributed by atoms with van der Waals surface area (Å²) in [7, 11) is 0. The lowest BCUT2D eigenvalue weighted by Crippen LogP contribution is -2.21. The fraction of sp³-hybridized carbons (Fsp3) is 0.556. The molecule has 0 aliphatic heterocycles. The van der Waals surface area contributed by atoms with Crippen molar-refractivity contribution in [3.8, 4) is 0 Å². The van der Waals surface area contributed by atoms with Crippen LogP contribution in [-0.4, -0.2) is 12.7 Å². The Morgan fingerprint density at radius 3 is 2.64 bits per heavy atom. The summed E-state index contributed by atoms with van der Waals surface area (Å²) in [4.78, 5) is 0. The van der Waals surface area contributed by atoms with Gasteiger partial charge in [0.2, 0.25) is 0 Å². The van der Waals surface area contributed by atoms with Crippen molar-refractivity contribution in [2.24, 2.45) is 0 Å². The summed E-state index contributed by atoms with van der Waals surface area (Å²) in [6, 6.07) is 1.78. The van der Waals surface area contributed by atoms with E-state index in [9.17, 15) is 13.2 Å². The van der Waals surface area contributed by atoms with Gasteiger partial charge in [0.15, 0.2) is 0 Å². The molecule has 1 heterocycles. The fourth-order valence-corrected chi connectivity index (χ4v) is 1.02. The minimum Gasteiger partial charge on any atom is -0.468 e. The highest BCUT2D eigenvalue weighted by molar-refractivity contribution is 5.13. The third-order valence-electron chi connectivity index (χ3n) is 1.84. The second kappa shape index (κ2) is 4.50. The summed E-state index contributed by atoms with van der Waals surface area (Å²) in [6.45, 7) is 2.11. The Morgan fingerprint density at radius 1 is 1.43 bits per heavy atom. The number of furan rings is 1. The summed E-state index contributed by atoms with van der Waals surface area (Å²) < 4.78 is 40.3. The van der Waals surface area contributed by atoms with E-state index >= 15 is 0 Å². The van der Waals surface area contributed by atoms with Crippen molar-refractivity contribution in [2.45, 2.75) is 26.1 Å². The van der Waals surface area contributed by atoms with Crippen LogP contribution in [-0.2, 0) is 6.54 Å². The fourth-order valence-electron chi connectivity index (χ4n) is 1.02. The van der Waals surface area contributed by atoms with Gasteiger partial charge < -0.3 is 9.73 Å². The number of hydrogen-bond donors (Lipinski definition) is 1. The monoisotopic (exact) mass is 207 g/mol. The van der Waals surface area contributed by atoms with Crippen molar-refractivity contribution in [3.05, 3.63) is 23.7 Å². The molecule has 0 fully saturated rings. The van der Waals surface area contributed by atoms with E-state index in [0.717, 1.165) is 5.56 Å². The maximum Gasteiger partial charge on any atom is 0.390 e. The number of aryl methyl sites for hydroxylation is 1. The Hall–Kier alpha value is -0.970. The Bertz CT molecular complexity index is 280. The van der Waals surface area contributed by atoms with Crippen LogP contribution in [0.5, 0.6) is 0 Å². The van der Waals surface area contributed by atoms with Crippen LogP contribution in [0.2, 0.25) is 0 Å². The van der Waals surface area contributed by atoms with Gasteiger partial charge in [-0.25, -0.2) is 0 Å². The maximum atomic E-state index is 11.7. The van der Waals surface area contributed by atoms with Gasteiger partial charge in [0.1, 0.15) is 5.76 Å². The first-order valence-corrected chi connectivity index (χ1v) is 4.29. The molecule has 1 aromatic rings. The number of alkyl halides is 3. The van der Waals surface area contributed by atoms with Gasteiger partial charge in [-0.15, -0.1) is 0 Å². The standard InChI is InChI=1S/C9H12F3NO/c1-7-2-5-14-8(7)6-13-4-3-9(10,11)12/h2,5,13H,3-4,6H2,1H3.